The number of fused-ring (bicyclic) bond motifs is 1. The van der Waals surface area contributed by atoms with Gasteiger partial charge >= 0.3 is 0 Å². The normalized spacial score (nSPS) is 18.0. The molecule has 29 heavy (non-hydrogen) atoms. The van der Waals surface area contributed by atoms with E-state index in [0.29, 0.717) is 5.82 Å². The van der Waals surface area contributed by atoms with Crippen LogP contribution in [0.1, 0.15) is 11.1 Å². The zero-order chi connectivity index (χ0) is 20.2. The molecule has 2 aromatic carbocycles. The van der Waals surface area contributed by atoms with Gasteiger partial charge in [-0.05, 0) is 47.5 Å². The highest BCUT2D eigenvalue weighted by atomic mass is 16.5. The van der Waals surface area contributed by atoms with Crippen LogP contribution < -0.4 is 10.5 Å². The third-order valence-electron chi connectivity index (χ3n) is 5.50. The van der Waals surface area contributed by atoms with Crippen molar-refractivity contribution in [2.75, 3.05) is 32.5 Å². The average molecular weight is 390 g/mol. The van der Waals surface area contributed by atoms with Gasteiger partial charge in [-0.25, -0.2) is 4.98 Å². The highest BCUT2D eigenvalue weighted by molar-refractivity contribution is 5.80. The number of aromatic nitrogens is 1. The first-order valence-corrected chi connectivity index (χ1v) is 9.84. The molecule has 3 aromatic rings. The number of carbonyl (C=O) groups excluding carboxylic acids is 1. The Bertz CT molecular complexity index is 990. The van der Waals surface area contributed by atoms with Crippen LogP contribution >= 0.6 is 0 Å². The Morgan fingerprint density at radius 2 is 1.86 bits per heavy atom. The van der Waals surface area contributed by atoms with Gasteiger partial charge in [-0.15, -0.1) is 0 Å². The number of anilines is 1. The summed E-state index contributed by atoms with van der Waals surface area (Å²) in [5.74, 6) is 1.39. The molecule has 0 spiro atoms. The molecule has 1 aliphatic rings. The van der Waals surface area contributed by atoms with E-state index in [9.17, 15) is 4.79 Å². The predicted octanol–water partition coefficient (Wildman–Crippen LogP) is 2.71. The topological polar surface area (TPSA) is 71.7 Å². The fourth-order valence-electron chi connectivity index (χ4n) is 3.89. The van der Waals surface area contributed by atoms with Crippen LogP contribution in [0.2, 0.25) is 0 Å². The quantitative estimate of drug-likeness (QED) is 0.653. The van der Waals surface area contributed by atoms with Gasteiger partial charge in [0.15, 0.2) is 0 Å². The maximum absolute atomic E-state index is 11.8. The number of ether oxygens (including phenoxy) is 1. The second-order valence-electron chi connectivity index (χ2n) is 7.52. The summed E-state index contributed by atoms with van der Waals surface area (Å²) >= 11 is 0. The van der Waals surface area contributed by atoms with Gasteiger partial charge in [0.2, 0.25) is 0 Å². The molecule has 1 atom stereocenters. The SMILES string of the molecule is COc1ccc(CN2CCN(Cc3ccc4nc(N)ccc4c3)C(C=O)C2)cc1. The minimum Gasteiger partial charge on any atom is -0.497 e. The molecule has 1 aliphatic heterocycles. The third-order valence-corrected chi connectivity index (χ3v) is 5.50. The van der Waals surface area contributed by atoms with E-state index in [0.717, 1.165) is 55.7 Å². The number of carbonyl (C=O) groups is 1. The number of benzene rings is 2. The van der Waals surface area contributed by atoms with E-state index < -0.39 is 0 Å². The number of methoxy groups -OCH3 is 1. The molecule has 1 fully saturated rings. The summed E-state index contributed by atoms with van der Waals surface area (Å²) in [6, 6.07) is 18.0. The van der Waals surface area contributed by atoms with Crippen LogP contribution in [0, 0.1) is 0 Å². The van der Waals surface area contributed by atoms with Crippen molar-refractivity contribution >= 4 is 23.0 Å². The Hall–Kier alpha value is -2.96. The zero-order valence-electron chi connectivity index (χ0n) is 16.6. The van der Waals surface area contributed by atoms with Crippen LogP contribution in [0.25, 0.3) is 10.9 Å². The van der Waals surface area contributed by atoms with Gasteiger partial charge in [-0.2, -0.15) is 0 Å². The summed E-state index contributed by atoms with van der Waals surface area (Å²) in [5, 5.41) is 1.07. The van der Waals surface area contributed by atoms with Crippen LogP contribution in [0.4, 0.5) is 5.82 Å². The Balaban J connectivity index is 1.40. The molecule has 0 aliphatic carbocycles. The van der Waals surface area contributed by atoms with Crippen LogP contribution in [-0.4, -0.2) is 53.9 Å². The van der Waals surface area contributed by atoms with Crippen molar-refractivity contribution in [2.45, 2.75) is 19.1 Å². The van der Waals surface area contributed by atoms with E-state index >= 15 is 0 Å². The molecular weight excluding hydrogens is 364 g/mol. The van der Waals surface area contributed by atoms with E-state index in [1.165, 1.54) is 11.1 Å². The van der Waals surface area contributed by atoms with Crippen molar-refractivity contribution in [3.05, 3.63) is 65.7 Å². The zero-order valence-corrected chi connectivity index (χ0v) is 16.6. The van der Waals surface area contributed by atoms with Gasteiger partial charge in [0.25, 0.3) is 0 Å². The number of hydrogen-bond donors (Lipinski definition) is 1. The number of piperazine rings is 1. The highest BCUT2D eigenvalue weighted by Crippen LogP contribution is 2.20. The number of nitrogen functional groups attached to an aromatic ring is 1. The third kappa shape index (κ3) is 4.55. The molecule has 6 heteroatoms. The number of hydrogen-bond acceptors (Lipinski definition) is 6. The lowest BCUT2D eigenvalue weighted by Crippen LogP contribution is -2.53. The largest absolute Gasteiger partial charge is 0.497 e. The smallest absolute Gasteiger partial charge is 0.138 e. The summed E-state index contributed by atoms with van der Waals surface area (Å²) < 4.78 is 5.22. The summed E-state index contributed by atoms with van der Waals surface area (Å²) in [7, 11) is 1.67. The van der Waals surface area contributed by atoms with Crippen molar-refractivity contribution in [3.63, 3.8) is 0 Å². The number of pyridine rings is 1. The standard InChI is InChI=1S/C23H26N4O2/c1-29-21-6-2-17(3-7-21)13-26-10-11-27(20(15-26)16-28)14-18-4-8-22-19(12-18)5-9-23(24)25-22/h2-9,12,16,20H,10-11,13-15H2,1H3,(H2,24,25). The van der Waals surface area contributed by atoms with Crippen LogP contribution in [-0.2, 0) is 17.9 Å². The van der Waals surface area contributed by atoms with Crippen molar-refractivity contribution in [2.24, 2.45) is 0 Å². The van der Waals surface area contributed by atoms with Crippen LogP contribution in [0.5, 0.6) is 5.75 Å². The van der Waals surface area contributed by atoms with E-state index in [4.69, 9.17) is 10.5 Å². The predicted molar refractivity (Wildman–Crippen MR) is 115 cm³/mol. The van der Waals surface area contributed by atoms with Gasteiger partial charge in [-0.3, -0.25) is 9.80 Å². The molecular formula is C23H26N4O2. The number of nitrogens with zero attached hydrogens (tertiary/aromatic N) is 3. The molecule has 6 nitrogen and oxygen atoms in total. The Morgan fingerprint density at radius 1 is 1.07 bits per heavy atom. The number of rotatable bonds is 6. The lowest BCUT2D eigenvalue weighted by molar-refractivity contribution is -0.115. The minimum absolute atomic E-state index is 0.109. The molecule has 2 N–H and O–H groups in total. The summed E-state index contributed by atoms with van der Waals surface area (Å²) in [4.78, 5) is 20.7. The molecule has 1 aromatic heterocycles. The molecule has 1 saturated heterocycles. The van der Waals surface area contributed by atoms with Gasteiger partial charge in [0, 0.05) is 38.1 Å². The fourth-order valence-corrected chi connectivity index (χ4v) is 3.89. The molecule has 0 saturated carbocycles. The lowest BCUT2D eigenvalue weighted by Gasteiger charge is -2.39. The van der Waals surface area contributed by atoms with Gasteiger partial charge in [0.1, 0.15) is 17.9 Å². The summed E-state index contributed by atoms with van der Waals surface area (Å²) in [6.45, 7) is 4.12. The second-order valence-corrected chi connectivity index (χ2v) is 7.52. The lowest BCUT2D eigenvalue weighted by atomic mass is 10.1. The van der Waals surface area contributed by atoms with Gasteiger partial charge < -0.3 is 15.3 Å². The van der Waals surface area contributed by atoms with Crippen LogP contribution in [0.3, 0.4) is 0 Å². The maximum Gasteiger partial charge on any atom is 0.138 e. The van der Waals surface area contributed by atoms with E-state index in [2.05, 4.69) is 39.0 Å². The average Bonchev–Trinajstić information content (AvgIpc) is 2.75. The maximum atomic E-state index is 11.8. The second kappa shape index (κ2) is 8.59. The first-order valence-electron chi connectivity index (χ1n) is 9.84. The van der Waals surface area contributed by atoms with Crippen molar-refractivity contribution in [1.82, 2.24) is 14.8 Å². The molecule has 0 amide bonds. The Kier molecular flexibility index (Phi) is 5.74. The fraction of sp³-hybridized carbons (Fsp3) is 0.304. The summed E-state index contributed by atoms with van der Waals surface area (Å²) in [5.41, 5.74) is 9.06. The van der Waals surface area contributed by atoms with Crippen molar-refractivity contribution < 1.29 is 9.53 Å². The first-order chi connectivity index (χ1) is 14.1. The molecule has 150 valence electrons. The number of nitrogens with two attached hydrogens (primary N) is 1. The minimum atomic E-state index is -0.109. The summed E-state index contributed by atoms with van der Waals surface area (Å²) in [6.07, 6.45) is 1.07. The van der Waals surface area contributed by atoms with E-state index in [1.807, 2.05) is 30.3 Å². The Labute approximate surface area is 170 Å². The van der Waals surface area contributed by atoms with E-state index in [-0.39, 0.29) is 6.04 Å². The first kappa shape index (κ1) is 19.4. The van der Waals surface area contributed by atoms with E-state index in [1.54, 1.807) is 7.11 Å². The Morgan fingerprint density at radius 3 is 2.62 bits per heavy atom. The molecule has 2 heterocycles. The molecule has 0 radical (unpaired) electrons. The van der Waals surface area contributed by atoms with Gasteiger partial charge in [0.05, 0.1) is 18.7 Å². The molecule has 4 rings (SSSR count). The number of aldehydes is 1. The van der Waals surface area contributed by atoms with Crippen LogP contribution in [0.15, 0.2) is 54.6 Å². The highest BCUT2D eigenvalue weighted by Gasteiger charge is 2.26. The van der Waals surface area contributed by atoms with Crippen molar-refractivity contribution in [3.8, 4) is 5.75 Å². The monoisotopic (exact) mass is 390 g/mol. The van der Waals surface area contributed by atoms with Crippen molar-refractivity contribution in [1.29, 1.82) is 0 Å². The molecule has 0 bridgehead atoms. The van der Waals surface area contributed by atoms with Gasteiger partial charge in [-0.1, -0.05) is 18.2 Å². The molecule has 1 unspecified atom stereocenters.